The van der Waals surface area contributed by atoms with Crippen molar-refractivity contribution in [2.75, 3.05) is 38.0 Å². The van der Waals surface area contributed by atoms with Gasteiger partial charge in [-0.25, -0.2) is 0 Å². The van der Waals surface area contributed by atoms with Crippen LogP contribution in [0.25, 0.3) is 0 Å². The molecule has 106 valence electrons. The summed E-state index contributed by atoms with van der Waals surface area (Å²) < 4.78 is 4.60. The SMILES string of the molecule is COC(=O)CCCCCNc1ccc(N(C)C)cc1. The molecule has 0 bridgehead atoms. The number of nitrogens with zero attached hydrogens (tertiary/aromatic N) is 1. The zero-order chi connectivity index (χ0) is 14.1. The first-order chi connectivity index (χ1) is 9.13. The molecule has 0 aromatic heterocycles. The standard InChI is InChI=1S/C15H24N2O2/c1-17(2)14-10-8-13(9-11-14)16-12-6-4-5-7-15(18)19-3/h8-11,16H,4-7,12H2,1-3H3. The van der Waals surface area contributed by atoms with Gasteiger partial charge in [-0.2, -0.15) is 0 Å². The Morgan fingerprint density at radius 1 is 1.16 bits per heavy atom. The van der Waals surface area contributed by atoms with Gasteiger partial charge in [-0.05, 0) is 37.1 Å². The summed E-state index contributed by atoms with van der Waals surface area (Å²) in [6, 6.07) is 8.37. The highest BCUT2D eigenvalue weighted by Crippen LogP contribution is 2.15. The third-order valence-electron chi connectivity index (χ3n) is 3.00. The summed E-state index contributed by atoms with van der Waals surface area (Å²) >= 11 is 0. The lowest BCUT2D eigenvalue weighted by Crippen LogP contribution is -2.08. The van der Waals surface area contributed by atoms with Crippen LogP contribution in [0.2, 0.25) is 0 Å². The van der Waals surface area contributed by atoms with E-state index in [4.69, 9.17) is 0 Å². The van der Waals surface area contributed by atoms with E-state index in [-0.39, 0.29) is 5.97 Å². The van der Waals surface area contributed by atoms with Gasteiger partial charge in [0.15, 0.2) is 0 Å². The molecule has 19 heavy (non-hydrogen) atoms. The first-order valence-corrected chi connectivity index (χ1v) is 6.71. The highest BCUT2D eigenvalue weighted by Gasteiger charge is 1.99. The van der Waals surface area contributed by atoms with Crippen molar-refractivity contribution in [1.82, 2.24) is 0 Å². The molecular weight excluding hydrogens is 240 g/mol. The molecule has 4 nitrogen and oxygen atoms in total. The smallest absolute Gasteiger partial charge is 0.305 e. The molecule has 1 rings (SSSR count). The van der Waals surface area contributed by atoms with E-state index in [1.54, 1.807) is 0 Å². The molecule has 0 spiro atoms. The molecule has 0 unspecified atom stereocenters. The van der Waals surface area contributed by atoms with E-state index in [2.05, 4.69) is 39.2 Å². The van der Waals surface area contributed by atoms with Gasteiger partial charge in [0.1, 0.15) is 0 Å². The molecule has 4 heteroatoms. The van der Waals surface area contributed by atoms with Crippen molar-refractivity contribution >= 4 is 17.3 Å². The molecule has 0 aliphatic carbocycles. The highest BCUT2D eigenvalue weighted by molar-refractivity contribution is 5.68. The Bertz CT molecular complexity index is 374. The number of carbonyl (C=O) groups excluding carboxylic acids is 1. The minimum atomic E-state index is -0.118. The molecule has 0 aliphatic rings. The summed E-state index contributed by atoms with van der Waals surface area (Å²) in [6.45, 7) is 0.933. The van der Waals surface area contributed by atoms with Crippen LogP contribution in [0, 0.1) is 0 Å². The lowest BCUT2D eigenvalue weighted by Gasteiger charge is -2.13. The summed E-state index contributed by atoms with van der Waals surface area (Å²) in [5.41, 5.74) is 2.34. The third-order valence-corrected chi connectivity index (χ3v) is 3.00. The first kappa shape index (κ1) is 15.3. The van der Waals surface area contributed by atoms with Crippen LogP contribution in [0.1, 0.15) is 25.7 Å². The molecule has 0 radical (unpaired) electrons. The van der Waals surface area contributed by atoms with E-state index >= 15 is 0 Å². The average Bonchev–Trinajstić information content (AvgIpc) is 2.42. The lowest BCUT2D eigenvalue weighted by molar-refractivity contribution is -0.140. The number of benzene rings is 1. The Labute approximate surface area is 115 Å². The number of unbranched alkanes of at least 4 members (excludes halogenated alkanes) is 2. The molecular formula is C15H24N2O2. The molecule has 1 aromatic rings. The topological polar surface area (TPSA) is 41.6 Å². The van der Waals surface area contributed by atoms with Crippen LogP contribution in [0.5, 0.6) is 0 Å². The van der Waals surface area contributed by atoms with E-state index in [9.17, 15) is 4.79 Å². The van der Waals surface area contributed by atoms with E-state index in [0.717, 1.165) is 31.5 Å². The monoisotopic (exact) mass is 264 g/mol. The molecule has 0 saturated carbocycles. The van der Waals surface area contributed by atoms with Gasteiger partial charge in [-0.3, -0.25) is 4.79 Å². The number of esters is 1. The van der Waals surface area contributed by atoms with Crippen molar-refractivity contribution in [3.8, 4) is 0 Å². The van der Waals surface area contributed by atoms with Gasteiger partial charge in [0.25, 0.3) is 0 Å². The number of carbonyl (C=O) groups is 1. The van der Waals surface area contributed by atoms with Crippen LogP contribution in [-0.4, -0.2) is 33.7 Å². The summed E-state index contributed by atoms with van der Waals surface area (Å²) in [5.74, 6) is -0.118. The van der Waals surface area contributed by atoms with Crippen LogP contribution >= 0.6 is 0 Å². The summed E-state index contributed by atoms with van der Waals surface area (Å²) in [6.07, 6.45) is 3.52. The van der Waals surface area contributed by atoms with Crippen LogP contribution in [-0.2, 0) is 9.53 Å². The molecule has 0 amide bonds. The zero-order valence-corrected chi connectivity index (χ0v) is 12.1. The molecule has 0 saturated heterocycles. The predicted octanol–water partition coefficient (Wildman–Crippen LogP) is 2.90. The van der Waals surface area contributed by atoms with Crippen molar-refractivity contribution in [3.05, 3.63) is 24.3 Å². The molecule has 0 aliphatic heterocycles. The van der Waals surface area contributed by atoms with Crippen molar-refractivity contribution in [2.45, 2.75) is 25.7 Å². The maximum atomic E-state index is 10.9. The van der Waals surface area contributed by atoms with Gasteiger partial charge >= 0.3 is 5.97 Å². The Hall–Kier alpha value is -1.71. The fourth-order valence-electron chi connectivity index (χ4n) is 1.78. The van der Waals surface area contributed by atoms with Crippen LogP contribution < -0.4 is 10.2 Å². The number of hydrogen-bond donors (Lipinski definition) is 1. The predicted molar refractivity (Wildman–Crippen MR) is 79.7 cm³/mol. The minimum Gasteiger partial charge on any atom is -0.469 e. The summed E-state index contributed by atoms with van der Waals surface area (Å²) in [7, 11) is 5.49. The van der Waals surface area contributed by atoms with Crippen LogP contribution in [0.3, 0.4) is 0 Å². The van der Waals surface area contributed by atoms with Crippen molar-refractivity contribution in [3.63, 3.8) is 0 Å². The second-order valence-electron chi connectivity index (χ2n) is 4.75. The van der Waals surface area contributed by atoms with Crippen molar-refractivity contribution in [1.29, 1.82) is 0 Å². The average molecular weight is 264 g/mol. The Kier molecular flexibility index (Phi) is 6.79. The molecule has 1 aromatic carbocycles. The van der Waals surface area contributed by atoms with Crippen LogP contribution in [0.15, 0.2) is 24.3 Å². The maximum Gasteiger partial charge on any atom is 0.305 e. The second-order valence-corrected chi connectivity index (χ2v) is 4.75. The largest absolute Gasteiger partial charge is 0.469 e. The fourth-order valence-corrected chi connectivity index (χ4v) is 1.78. The summed E-state index contributed by atoms with van der Waals surface area (Å²) in [4.78, 5) is 13.0. The number of rotatable bonds is 8. The van der Waals surface area contributed by atoms with Crippen molar-refractivity contribution in [2.24, 2.45) is 0 Å². The first-order valence-electron chi connectivity index (χ1n) is 6.71. The van der Waals surface area contributed by atoms with Gasteiger partial charge in [-0.15, -0.1) is 0 Å². The van der Waals surface area contributed by atoms with E-state index in [0.29, 0.717) is 6.42 Å². The number of nitrogens with one attached hydrogen (secondary N) is 1. The fraction of sp³-hybridized carbons (Fsp3) is 0.533. The Morgan fingerprint density at radius 3 is 2.42 bits per heavy atom. The lowest BCUT2D eigenvalue weighted by atomic mass is 10.2. The second kappa shape index (κ2) is 8.40. The zero-order valence-electron chi connectivity index (χ0n) is 12.1. The number of anilines is 2. The minimum absolute atomic E-state index is 0.118. The van der Waals surface area contributed by atoms with Gasteiger partial charge in [0.05, 0.1) is 7.11 Å². The number of hydrogen-bond acceptors (Lipinski definition) is 4. The third kappa shape index (κ3) is 6.13. The van der Waals surface area contributed by atoms with Gasteiger partial charge in [-0.1, -0.05) is 6.42 Å². The van der Waals surface area contributed by atoms with Gasteiger partial charge < -0.3 is 15.0 Å². The van der Waals surface area contributed by atoms with E-state index < -0.39 is 0 Å². The Morgan fingerprint density at radius 2 is 1.84 bits per heavy atom. The van der Waals surface area contributed by atoms with Crippen molar-refractivity contribution < 1.29 is 9.53 Å². The van der Waals surface area contributed by atoms with E-state index in [1.165, 1.54) is 12.8 Å². The molecule has 1 N–H and O–H groups in total. The number of methoxy groups -OCH3 is 1. The molecule has 0 atom stereocenters. The number of ether oxygens (including phenoxy) is 1. The molecule has 0 fully saturated rings. The normalized spacial score (nSPS) is 10.1. The molecule has 0 heterocycles. The quantitative estimate of drug-likeness (QED) is 0.579. The maximum absolute atomic E-state index is 10.9. The Balaban J connectivity index is 2.14. The van der Waals surface area contributed by atoms with Gasteiger partial charge in [0.2, 0.25) is 0 Å². The van der Waals surface area contributed by atoms with Crippen LogP contribution in [0.4, 0.5) is 11.4 Å². The summed E-state index contributed by atoms with van der Waals surface area (Å²) in [5, 5.41) is 3.38. The van der Waals surface area contributed by atoms with Gasteiger partial charge in [0, 0.05) is 38.4 Å². The highest BCUT2D eigenvalue weighted by atomic mass is 16.5. The van der Waals surface area contributed by atoms with E-state index in [1.807, 2.05) is 14.1 Å².